The fraction of sp³-hybridized carbons (Fsp3) is 0.409. The lowest BCUT2D eigenvalue weighted by molar-refractivity contribution is 0.394. The molecule has 0 aliphatic heterocycles. The SMILES string of the molecule is C=Nc1cc(C)ccc1N(C)C(C)CC.COc1cc(C)cc(OC)c1. The van der Waals surface area contributed by atoms with Crippen LogP contribution in [-0.4, -0.2) is 34.0 Å². The lowest BCUT2D eigenvalue weighted by Gasteiger charge is -2.27. The summed E-state index contributed by atoms with van der Waals surface area (Å²) < 4.78 is 10.1. The highest BCUT2D eigenvalue weighted by Crippen LogP contribution is 2.30. The van der Waals surface area contributed by atoms with Crippen LogP contribution in [0.1, 0.15) is 31.4 Å². The minimum absolute atomic E-state index is 0.521. The Morgan fingerprint density at radius 3 is 2.04 bits per heavy atom. The van der Waals surface area contributed by atoms with Gasteiger partial charge in [0.15, 0.2) is 0 Å². The number of ether oxygens (including phenoxy) is 2. The van der Waals surface area contributed by atoms with E-state index in [9.17, 15) is 0 Å². The van der Waals surface area contributed by atoms with E-state index in [1.54, 1.807) is 14.2 Å². The first-order valence-electron chi connectivity index (χ1n) is 8.86. The molecule has 0 amide bonds. The van der Waals surface area contributed by atoms with Gasteiger partial charge >= 0.3 is 0 Å². The Bertz CT molecular complexity index is 691. The summed E-state index contributed by atoms with van der Waals surface area (Å²) in [7, 11) is 5.40. The van der Waals surface area contributed by atoms with Crippen molar-refractivity contribution in [1.29, 1.82) is 0 Å². The first kappa shape index (κ1) is 21.6. The molecule has 0 bridgehead atoms. The third-order valence-electron chi connectivity index (χ3n) is 4.43. The van der Waals surface area contributed by atoms with Crippen LogP contribution in [-0.2, 0) is 0 Å². The number of methoxy groups -OCH3 is 2. The number of aliphatic imine (C=N–C) groups is 1. The van der Waals surface area contributed by atoms with E-state index in [4.69, 9.17) is 9.47 Å². The van der Waals surface area contributed by atoms with Crippen LogP contribution >= 0.6 is 0 Å². The summed E-state index contributed by atoms with van der Waals surface area (Å²) in [4.78, 5) is 6.33. The van der Waals surface area contributed by atoms with Gasteiger partial charge < -0.3 is 14.4 Å². The number of rotatable bonds is 6. The highest BCUT2D eigenvalue weighted by molar-refractivity contribution is 5.69. The molecule has 142 valence electrons. The largest absolute Gasteiger partial charge is 0.497 e. The van der Waals surface area contributed by atoms with Crippen LogP contribution in [0.15, 0.2) is 41.4 Å². The topological polar surface area (TPSA) is 34.1 Å². The van der Waals surface area contributed by atoms with E-state index in [0.29, 0.717) is 6.04 Å². The van der Waals surface area contributed by atoms with Gasteiger partial charge in [-0.25, -0.2) is 0 Å². The number of hydrogen-bond acceptors (Lipinski definition) is 4. The van der Waals surface area contributed by atoms with Crippen molar-refractivity contribution >= 4 is 18.1 Å². The van der Waals surface area contributed by atoms with Gasteiger partial charge in [0.2, 0.25) is 0 Å². The van der Waals surface area contributed by atoms with Crippen LogP contribution in [0.25, 0.3) is 0 Å². The number of benzene rings is 2. The van der Waals surface area contributed by atoms with Crippen LogP contribution in [0, 0.1) is 13.8 Å². The Hall–Kier alpha value is -2.49. The smallest absolute Gasteiger partial charge is 0.122 e. The molecular formula is C22H32N2O2. The van der Waals surface area contributed by atoms with Gasteiger partial charge in [-0.05, 0) is 69.3 Å². The molecule has 0 aliphatic rings. The summed E-state index contributed by atoms with van der Waals surface area (Å²) in [5.41, 5.74) is 4.49. The second-order valence-electron chi connectivity index (χ2n) is 6.41. The van der Waals surface area contributed by atoms with Crippen LogP contribution in [0.4, 0.5) is 11.4 Å². The molecule has 1 unspecified atom stereocenters. The summed E-state index contributed by atoms with van der Waals surface area (Å²) in [5.74, 6) is 1.67. The van der Waals surface area contributed by atoms with Crippen molar-refractivity contribution in [2.75, 3.05) is 26.2 Å². The normalized spacial score (nSPS) is 11.0. The summed E-state index contributed by atoms with van der Waals surface area (Å²) >= 11 is 0. The van der Waals surface area contributed by atoms with Crippen LogP contribution in [0.3, 0.4) is 0 Å². The molecule has 0 N–H and O–H groups in total. The van der Waals surface area contributed by atoms with Crippen LogP contribution in [0.2, 0.25) is 0 Å². The fourth-order valence-electron chi connectivity index (χ4n) is 2.52. The maximum absolute atomic E-state index is 5.06. The molecule has 2 aromatic carbocycles. The van der Waals surface area contributed by atoms with Crippen LogP contribution < -0.4 is 14.4 Å². The van der Waals surface area contributed by atoms with Crippen molar-refractivity contribution < 1.29 is 9.47 Å². The first-order valence-corrected chi connectivity index (χ1v) is 8.86. The summed E-state index contributed by atoms with van der Waals surface area (Å²) in [6.45, 7) is 12.1. The van der Waals surface area contributed by atoms with Crippen molar-refractivity contribution in [2.45, 2.75) is 40.2 Å². The van der Waals surface area contributed by atoms with E-state index < -0.39 is 0 Å². The number of anilines is 1. The number of hydrogen-bond donors (Lipinski definition) is 0. The molecule has 0 radical (unpaired) electrons. The molecule has 0 aliphatic carbocycles. The molecule has 2 aromatic rings. The number of aryl methyl sites for hydroxylation is 2. The zero-order valence-electron chi connectivity index (χ0n) is 17.2. The Balaban J connectivity index is 0.000000273. The maximum Gasteiger partial charge on any atom is 0.122 e. The van der Waals surface area contributed by atoms with Gasteiger partial charge in [-0.3, -0.25) is 4.99 Å². The molecule has 0 spiro atoms. The van der Waals surface area contributed by atoms with Crippen molar-refractivity contribution in [1.82, 2.24) is 0 Å². The zero-order valence-corrected chi connectivity index (χ0v) is 17.2. The standard InChI is InChI=1S/C13H20N2.C9H12O2/c1-6-11(3)15(5)13-8-7-10(2)9-12(13)14-4;1-7-4-8(10-2)6-9(5-7)11-3/h7-9,11H,4,6H2,1-3,5H3;4-6H,1-3H3. The van der Waals surface area contributed by atoms with Crippen molar-refractivity contribution in [2.24, 2.45) is 4.99 Å². The first-order chi connectivity index (χ1) is 12.4. The summed E-state index contributed by atoms with van der Waals surface area (Å²) in [5, 5.41) is 0. The van der Waals surface area contributed by atoms with E-state index in [1.165, 1.54) is 5.56 Å². The summed E-state index contributed by atoms with van der Waals surface area (Å²) in [6.07, 6.45) is 1.13. The molecule has 26 heavy (non-hydrogen) atoms. The minimum atomic E-state index is 0.521. The molecule has 0 saturated heterocycles. The molecular weight excluding hydrogens is 324 g/mol. The third-order valence-corrected chi connectivity index (χ3v) is 4.43. The lowest BCUT2D eigenvalue weighted by Crippen LogP contribution is -2.27. The van der Waals surface area contributed by atoms with E-state index in [-0.39, 0.29) is 0 Å². The maximum atomic E-state index is 5.06. The molecule has 2 rings (SSSR count). The van der Waals surface area contributed by atoms with Gasteiger partial charge in [0.1, 0.15) is 11.5 Å². The van der Waals surface area contributed by atoms with Crippen LogP contribution in [0.5, 0.6) is 11.5 Å². The predicted octanol–water partition coefficient (Wildman–Crippen LogP) is 5.57. The van der Waals surface area contributed by atoms with Gasteiger partial charge in [0.25, 0.3) is 0 Å². The van der Waals surface area contributed by atoms with Gasteiger partial charge in [0, 0.05) is 19.2 Å². The molecule has 4 heteroatoms. The molecule has 0 aromatic heterocycles. The summed E-state index contributed by atoms with van der Waals surface area (Å²) in [6, 6.07) is 12.6. The highest BCUT2D eigenvalue weighted by atomic mass is 16.5. The predicted molar refractivity (Wildman–Crippen MR) is 113 cm³/mol. The monoisotopic (exact) mass is 356 g/mol. The number of nitrogens with zero attached hydrogens (tertiary/aromatic N) is 2. The fourth-order valence-corrected chi connectivity index (χ4v) is 2.52. The second-order valence-corrected chi connectivity index (χ2v) is 6.41. The van der Waals surface area contributed by atoms with E-state index in [1.807, 2.05) is 25.1 Å². The van der Waals surface area contributed by atoms with E-state index in [0.717, 1.165) is 34.9 Å². The van der Waals surface area contributed by atoms with Gasteiger partial charge in [-0.2, -0.15) is 0 Å². The van der Waals surface area contributed by atoms with E-state index in [2.05, 4.69) is 62.6 Å². The quantitative estimate of drug-likeness (QED) is 0.634. The minimum Gasteiger partial charge on any atom is -0.497 e. The Morgan fingerprint density at radius 1 is 1.00 bits per heavy atom. The molecule has 0 heterocycles. The highest BCUT2D eigenvalue weighted by Gasteiger charge is 2.11. The van der Waals surface area contributed by atoms with Gasteiger partial charge in [0.05, 0.1) is 25.6 Å². The lowest BCUT2D eigenvalue weighted by atomic mass is 10.1. The Morgan fingerprint density at radius 2 is 1.58 bits per heavy atom. The second kappa shape index (κ2) is 10.5. The molecule has 4 nitrogen and oxygen atoms in total. The van der Waals surface area contributed by atoms with Gasteiger partial charge in [-0.1, -0.05) is 13.0 Å². The zero-order chi connectivity index (χ0) is 19.7. The average Bonchev–Trinajstić information content (AvgIpc) is 2.66. The molecule has 0 saturated carbocycles. The van der Waals surface area contributed by atoms with E-state index >= 15 is 0 Å². The van der Waals surface area contributed by atoms with Crippen molar-refractivity contribution in [3.05, 3.63) is 47.5 Å². The Labute approximate surface area is 158 Å². The molecule has 1 atom stereocenters. The molecule has 0 fully saturated rings. The van der Waals surface area contributed by atoms with Crippen molar-refractivity contribution in [3.8, 4) is 11.5 Å². The van der Waals surface area contributed by atoms with Gasteiger partial charge in [-0.15, -0.1) is 0 Å². The third kappa shape index (κ3) is 6.10. The average molecular weight is 357 g/mol. The Kier molecular flexibility index (Phi) is 8.70. The van der Waals surface area contributed by atoms with Crippen molar-refractivity contribution in [3.63, 3.8) is 0 Å².